The van der Waals surface area contributed by atoms with Crippen molar-refractivity contribution < 1.29 is 21.9 Å². The molecule has 0 saturated heterocycles. The van der Waals surface area contributed by atoms with Crippen molar-refractivity contribution in [3.63, 3.8) is 0 Å². The van der Waals surface area contributed by atoms with Crippen LogP contribution in [-0.2, 0) is 26.3 Å². The molecule has 4 N–H and O–H groups in total. The number of sulfone groups is 1. The molecule has 0 saturated carbocycles. The van der Waals surface area contributed by atoms with Crippen molar-refractivity contribution in [2.75, 3.05) is 24.2 Å². The monoisotopic (exact) mass is 569 g/mol. The van der Waals surface area contributed by atoms with Gasteiger partial charge in [0.25, 0.3) is 0 Å². The summed E-state index contributed by atoms with van der Waals surface area (Å²) in [7, 11) is -6.99. The number of H-pyrrole nitrogens is 1. The second kappa shape index (κ2) is 10.7. The normalized spacial score (nSPS) is 15.8. The highest BCUT2D eigenvalue weighted by molar-refractivity contribution is 7.91. The van der Waals surface area contributed by atoms with Gasteiger partial charge >= 0.3 is 0 Å². The molecule has 0 bridgehead atoms. The molecule has 0 aliphatic carbocycles. The molecule has 5 rings (SSSR count). The third-order valence-corrected chi connectivity index (χ3v) is 10.3. The van der Waals surface area contributed by atoms with Gasteiger partial charge in [0, 0.05) is 12.2 Å². The van der Waals surface area contributed by atoms with Gasteiger partial charge in [0.1, 0.15) is 17.8 Å². The van der Waals surface area contributed by atoms with E-state index in [4.69, 9.17) is 5.11 Å². The Kier molecular flexibility index (Phi) is 7.47. The van der Waals surface area contributed by atoms with Gasteiger partial charge in [-0.3, -0.25) is 0 Å². The molecule has 2 aromatic heterocycles. The average Bonchev–Trinajstić information content (AvgIpc) is 3.36. The van der Waals surface area contributed by atoms with Crippen molar-refractivity contribution in [2.45, 2.75) is 42.5 Å². The van der Waals surface area contributed by atoms with Gasteiger partial charge < -0.3 is 15.4 Å². The van der Waals surface area contributed by atoms with E-state index in [2.05, 4.69) is 38.8 Å². The van der Waals surface area contributed by atoms with Crippen LogP contribution < -0.4 is 10.0 Å². The Morgan fingerprint density at radius 3 is 2.56 bits per heavy atom. The van der Waals surface area contributed by atoms with Crippen LogP contribution in [0.5, 0.6) is 0 Å². The highest BCUT2D eigenvalue weighted by atomic mass is 32.2. The van der Waals surface area contributed by atoms with Crippen molar-refractivity contribution in [3.8, 4) is 11.3 Å². The van der Waals surface area contributed by atoms with E-state index in [-0.39, 0.29) is 35.8 Å². The zero-order valence-electron chi connectivity index (χ0n) is 21.7. The first-order chi connectivity index (χ1) is 18.6. The minimum Gasteiger partial charge on any atom is -0.395 e. The summed E-state index contributed by atoms with van der Waals surface area (Å²) < 4.78 is 52.4. The second-order valence-electron chi connectivity index (χ2n) is 9.97. The Hall–Kier alpha value is -3.32. The van der Waals surface area contributed by atoms with Crippen LogP contribution in [0.3, 0.4) is 0 Å². The molecule has 1 aliphatic heterocycles. The van der Waals surface area contributed by atoms with Crippen LogP contribution in [0.4, 0.5) is 5.82 Å². The smallest absolute Gasteiger partial charge is 0.240 e. The number of aromatic nitrogens is 3. The number of rotatable bonds is 9. The fourth-order valence-electron chi connectivity index (χ4n) is 4.89. The molecule has 0 fully saturated rings. The third-order valence-electron chi connectivity index (χ3n) is 6.91. The van der Waals surface area contributed by atoms with Gasteiger partial charge in [-0.1, -0.05) is 38.1 Å². The Labute approximate surface area is 227 Å². The van der Waals surface area contributed by atoms with Gasteiger partial charge in [0.05, 0.1) is 33.6 Å². The number of nitrogens with zero attached hydrogens (tertiary/aromatic N) is 2. The van der Waals surface area contributed by atoms with Crippen LogP contribution in [0, 0.1) is 5.92 Å². The minimum absolute atomic E-state index is 0.0564. The molecule has 2 aromatic carbocycles. The van der Waals surface area contributed by atoms with Crippen molar-refractivity contribution in [1.29, 1.82) is 0 Å². The molecule has 0 spiro atoms. The first kappa shape index (κ1) is 27.3. The Bertz CT molecular complexity index is 1720. The molecule has 39 heavy (non-hydrogen) atoms. The standard InChI is InChI=1S/C27H31N5O5S2/c1-17(2)25(20-6-5-19-4-3-13-38(34,35)24(19)14-20)32-27-22-15-23(31-26(22)28-16-29-27)18-7-9-21(10-8-18)39(36,37)30-11-12-33/h5-10,14-17,25,30,33H,3-4,11-13H2,1-2H3,(H2,28,29,31,32)/t25-/m0/s1. The molecule has 0 radical (unpaired) electrons. The van der Waals surface area contributed by atoms with Crippen LogP contribution in [0.25, 0.3) is 22.3 Å². The quantitative estimate of drug-likeness (QED) is 0.239. The molecule has 10 nitrogen and oxygen atoms in total. The van der Waals surface area contributed by atoms with Gasteiger partial charge in [-0.05, 0) is 59.7 Å². The Morgan fingerprint density at radius 2 is 1.85 bits per heavy atom. The van der Waals surface area contributed by atoms with Crippen LogP contribution >= 0.6 is 0 Å². The second-order valence-corrected chi connectivity index (χ2v) is 13.8. The predicted molar refractivity (Wildman–Crippen MR) is 150 cm³/mol. The molecule has 206 valence electrons. The summed E-state index contributed by atoms with van der Waals surface area (Å²) in [5, 5.41) is 13.2. The lowest BCUT2D eigenvalue weighted by Crippen LogP contribution is -2.26. The molecule has 0 unspecified atom stereocenters. The molecule has 0 amide bonds. The van der Waals surface area contributed by atoms with Gasteiger partial charge in [-0.2, -0.15) is 0 Å². The lowest BCUT2D eigenvalue weighted by molar-refractivity contribution is 0.301. The van der Waals surface area contributed by atoms with Crippen LogP contribution in [0.2, 0.25) is 0 Å². The largest absolute Gasteiger partial charge is 0.395 e. The molecule has 1 aliphatic rings. The highest BCUT2D eigenvalue weighted by Gasteiger charge is 2.26. The molecular formula is C27H31N5O5S2. The number of anilines is 1. The maximum absolute atomic E-state index is 12.7. The Balaban J connectivity index is 1.46. The maximum Gasteiger partial charge on any atom is 0.240 e. The van der Waals surface area contributed by atoms with Crippen molar-refractivity contribution >= 4 is 36.7 Å². The molecule has 12 heteroatoms. The van der Waals surface area contributed by atoms with E-state index in [9.17, 15) is 16.8 Å². The summed E-state index contributed by atoms with van der Waals surface area (Å²) in [5.74, 6) is 0.912. The molecule has 1 atom stereocenters. The van der Waals surface area contributed by atoms with Crippen molar-refractivity contribution in [3.05, 3.63) is 66.0 Å². The predicted octanol–water partition coefficient (Wildman–Crippen LogP) is 3.42. The maximum atomic E-state index is 12.7. The number of aromatic amines is 1. The van der Waals surface area contributed by atoms with Crippen LogP contribution in [0.1, 0.15) is 37.4 Å². The SMILES string of the molecule is CC(C)[C@H](Nc1ncnc2[nH]c(-c3ccc(S(=O)(=O)NCCO)cc3)cc12)c1ccc2c(c1)S(=O)(=O)CCC2. The van der Waals surface area contributed by atoms with Crippen molar-refractivity contribution in [2.24, 2.45) is 5.92 Å². The molecule has 3 heterocycles. The average molecular weight is 570 g/mol. The zero-order chi connectivity index (χ0) is 27.8. The lowest BCUT2D eigenvalue weighted by Gasteiger charge is -2.26. The summed E-state index contributed by atoms with van der Waals surface area (Å²) in [6.07, 6.45) is 2.87. The third kappa shape index (κ3) is 5.55. The number of sulfonamides is 1. The van der Waals surface area contributed by atoms with E-state index in [0.717, 1.165) is 34.2 Å². The summed E-state index contributed by atoms with van der Waals surface area (Å²) >= 11 is 0. The number of aliphatic hydroxyl groups excluding tert-OH is 1. The number of aryl methyl sites for hydroxylation is 1. The van der Waals surface area contributed by atoms with Crippen LogP contribution in [-0.4, -0.2) is 55.8 Å². The first-order valence-electron chi connectivity index (χ1n) is 12.8. The number of hydrogen-bond donors (Lipinski definition) is 4. The molecular weight excluding hydrogens is 538 g/mol. The number of nitrogens with one attached hydrogen (secondary N) is 3. The number of benzene rings is 2. The zero-order valence-corrected chi connectivity index (χ0v) is 23.3. The van der Waals surface area contributed by atoms with E-state index in [1.54, 1.807) is 18.2 Å². The lowest BCUT2D eigenvalue weighted by atomic mass is 9.94. The van der Waals surface area contributed by atoms with Crippen LogP contribution in [0.15, 0.2) is 64.6 Å². The molecule has 4 aromatic rings. The van der Waals surface area contributed by atoms with E-state index in [0.29, 0.717) is 22.8 Å². The van der Waals surface area contributed by atoms with E-state index in [1.165, 1.54) is 18.5 Å². The Morgan fingerprint density at radius 1 is 1.08 bits per heavy atom. The summed E-state index contributed by atoms with van der Waals surface area (Å²) in [5.41, 5.74) is 3.86. The number of hydrogen-bond acceptors (Lipinski definition) is 8. The van der Waals surface area contributed by atoms with E-state index in [1.807, 2.05) is 18.2 Å². The van der Waals surface area contributed by atoms with Crippen molar-refractivity contribution in [1.82, 2.24) is 19.7 Å². The number of aliphatic hydroxyl groups is 1. The highest BCUT2D eigenvalue weighted by Crippen LogP contribution is 2.34. The van der Waals surface area contributed by atoms with Gasteiger partial charge in [0.15, 0.2) is 9.84 Å². The fraction of sp³-hybridized carbons (Fsp3) is 0.333. The van der Waals surface area contributed by atoms with Gasteiger partial charge in [-0.15, -0.1) is 0 Å². The summed E-state index contributed by atoms with van der Waals surface area (Å²) in [6.45, 7) is 3.79. The van der Waals surface area contributed by atoms with E-state index >= 15 is 0 Å². The van der Waals surface area contributed by atoms with Gasteiger partial charge in [-0.25, -0.2) is 31.5 Å². The van der Waals surface area contributed by atoms with E-state index < -0.39 is 19.9 Å². The first-order valence-corrected chi connectivity index (χ1v) is 15.9. The number of fused-ring (bicyclic) bond motifs is 2. The fourth-order valence-corrected chi connectivity index (χ4v) is 7.54. The summed E-state index contributed by atoms with van der Waals surface area (Å²) in [4.78, 5) is 12.6. The summed E-state index contributed by atoms with van der Waals surface area (Å²) in [6, 6.07) is 13.8. The minimum atomic E-state index is -3.70. The topological polar surface area (TPSA) is 154 Å². The van der Waals surface area contributed by atoms with Gasteiger partial charge in [0.2, 0.25) is 10.0 Å².